The van der Waals surface area contributed by atoms with Crippen LogP contribution in [0.3, 0.4) is 0 Å². The summed E-state index contributed by atoms with van der Waals surface area (Å²) < 4.78 is 0. The maximum atomic E-state index is 7.30. The Bertz CT molecular complexity index is 476. The Hall–Kier alpha value is -1.95. The largest absolute Gasteiger partial charge is 0.384 e. The minimum absolute atomic E-state index is 0.0742. The van der Waals surface area contributed by atoms with E-state index in [1.165, 1.54) is 11.3 Å². The number of hydrogen-bond acceptors (Lipinski definition) is 5. The predicted molar refractivity (Wildman–Crippen MR) is 65.4 cm³/mol. The minimum atomic E-state index is 0.0742. The van der Waals surface area contributed by atoms with Gasteiger partial charge in [0.1, 0.15) is 11.3 Å². The van der Waals surface area contributed by atoms with Crippen molar-refractivity contribution in [1.82, 2.24) is 10.2 Å². The van der Waals surface area contributed by atoms with Gasteiger partial charge in [0, 0.05) is 18.3 Å². The molecule has 0 atom stereocenters. The number of nitrogen functional groups attached to an aromatic ring is 1. The lowest BCUT2D eigenvalue weighted by Gasteiger charge is -2.15. The fourth-order valence-corrected chi connectivity index (χ4v) is 1.83. The molecule has 0 aliphatic heterocycles. The van der Waals surface area contributed by atoms with Gasteiger partial charge in [0.2, 0.25) is 5.13 Å². The molecule has 0 fully saturated rings. The van der Waals surface area contributed by atoms with E-state index in [9.17, 15) is 0 Å². The van der Waals surface area contributed by atoms with Gasteiger partial charge in [-0.15, -0.1) is 10.2 Å². The van der Waals surface area contributed by atoms with E-state index in [2.05, 4.69) is 10.2 Å². The van der Waals surface area contributed by atoms with Crippen molar-refractivity contribution < 1.29 is 0 Å². The van der Waals surface area contributed by atoms with Gasteiger partial charge in [0.25, 0.3) is 0 Å². The zero-order valence-electron chi connectivity index (χ0n) is 8.71. The second-order valence-corrected chi connectivity index (χ2v) is 4.05. The van der Waals surface area contributed by atoms with E-state index in [0.29, 0.717) is 0 Å². The fourth-order valence-electron chi connectivity index (χ4n) is 1.29. The van der Waals surface area contributed by atoms with Gasteiger partial charge in [-0.3, -0.25) is 5.41 Å². The molecule has 1 heterocycles. The molecule has 5 nitrogen and oxygen atoms in total. The van der Waals surface area contributed by atoms with Crippen molar-refractivity contribution in [2.45, 2.75) is 0 Å². The lowest BCUT2D eigenvalue weighted by Crippen LogP contribution is -2.12. The highest BCUT2D eigenvalue weighted by atomic mass is 32.1. The van der Waals surface area contributed by atoms with Gasteiger partial charge in [0.05, 0.1) is 0 Å². The molecule has 0 amide bonds. The van der Waals surface area contributed by atoms with Gasteiger partial charge in [-0.25, -0.2) is 0 Å². The fraction of sp³-hybridized carbons (Fsp3) is 0.100. The molecule has 0 spiro atoms. The number of rotatable bonds is 3. The molecule has 0 aliphatic carbocycles. The maximum absolute atomic E-state index is 7.30. The van der Waals surface area contributed by atoms with Gasteiger partial charge in [-0.1, -0.05) is 11.3 Å². The van der Waals surface area contributed by atoms with Crippen LogP contribution in [0.2, 0.25) is 0 Å². The van der Waals surface area contributed by atoms with Crippen molar-refractivity contribution in [3.63, 3.8) is 0 Å². The highest BCUT2D eigenvalue weighted by Crippen LogP contribution is 2.24. The van der Waals surface area contributed by atoms with E-state index in [1.807, 2.05) is 36.2 Å². The highest BCUT2D eigenvalue weighted by Gasteiger charge is 2.06. The van der Waals surface area contributed by atoms with Gasteiger partial charge >= 0.3 is 0 Å². The first-order chi connectivity index (χ1) is 7.68. The van der Waals surface area contributed by atoms with Crippen molar-refractivity contribution >= 4 is 28.0 Å². The quantitative estimate of drug-likeness (QED) is 0.623. The molecule has 0 aliphatic rings. The summed E-state index contributed by atoms with van der Waals surface area (Å²) in [6, 6.07) is 7.43. The molecule has 3 N–H and O–H groups in total. The van der Waals surface area contributed by atoms with Crippen LogP contribution < -0.4 is 10.6 Å². The molecule has 0 unspecified atom stereocenters. The van der Waals surface area contributed by atoms with Gasteiger partial charge in [0.15, 0.2) is 0 Å². The average Bonchev–Trinajstić information content (AvgIpc) is 2.81. The van der Waals surface area contributed by atoms with Crippen molar-refractivity contribution in [2.24, 2.45) is 5.73 Å². The topological polar surface area (TPSA) is 78.9 Å². The summed E-state index contributed by atoms with van der Waals surface area (Å²) in [6.45, 7) is 0. The first kappa shape index (κ1) is 10.6. The van der Waals surface area contributed by atoms with E-state index >= 15 is 0 Å². The van der Waals surface area contributed by atoms with Crippen LogP contribution in [0.4, 0.5) is 10.8 Å². The summed E-state index contributed by atoms with van der Waals surface area (Å²) in [6.07, 6.45) is 0. The van der Waals surface area contributed by atoms with Crippen molar-refractivity contribution in [3.8, 4) is 0 Å². The Labute approximate surface area is 97.1 Å². The molecule has 2 aromatic rings. The highest BCUT2D eigenvalue weighted by molar-refractivity contribution is 7.13. The average molecular weight is 233 g/mol. The lowest BCUT2D eigenvalue weighted by atomic mass is 10.2. The molecule has 0 bridgehead atoms. The molecule has 6 heteroatoms. The number of benzene rings is 1. The molecule has 0 radical (unpaired) electrons. The Morgan fingerprint density at radius 2 is 2.06 bits per heavy atom. The zero-order valence-corrected chi connectivity index (χ0v) is 9.53. The van der Waals surface area contributed by atoms with Crippen LogP contribution in [0.5, 0.6) is 0 Å². The summed E-state index contributed by atoms with van der Waals surface area (Å²) in [7, 11) is 1.92. The summed E-state index contributed by atoms with van der Waals surface area (Å²) in [5, 5.41) is 15.9. The molecule has 0 saturated carbocycles. The van der Waals surface area contributed by atoms with E-state index in [4.69, 9.17) is 11.1 Å². The van der Waals surface area contributed by atoms with E-state index in [-0.39, 0.29) is 5.84 Å². The normalized spacial score (nSPS) is 10.1. The Morgan fingerprint density at radius 1 is 1.38 bits per heavy atom. The van der Waals surface area contributed by atoms with Gasteiger partial charge < -0.3 is 10.6 Å². The summed E-state index contributed by atoms with van der Waals surface area (Å²) in [5.41, 5.74) is 8.78. The lowest BCUT2D eigenvalue weighted by molar-refractivity contribution is 1.04. The number of hydrogen-bond donors (Lipinski definition) is 2. The first-order valence-electron chi connectivity index (χ1n) is 4.63. The second kappa shape index (κ2) is 4.28. The zero-order chi connectivity index (χ0) is 11.5. The van der Waals surface area contributed by atoms with Crippen LogP contribution in [0.15, 0.2) is 29.8 Å². The van der Waals surface area contributed by atoms with E-state index in [1.54, 1.807) is 5.51 Å². The van der Waals surface area contributed by atoms with Crippen LogP contribution in [0, 0.1) is 5.41 Å². The smallest absolute Gasteiger partial charge is 0.212 e. The molecular formula is C10H11N5S. The van der Waals surface area contributed by atoms with Gasteiger partial charge in [-0.05, 0) is 24.3 Å². The van der Waals surface area contributed by atoms with Crippen LogP contribution in [-0.2, 0) is 0 Å². The third kappa shape index (κ3) is 2.01. The van der Waals surface area contributed by atoms with Gasteiger partial charge in [-0.2, -0.15) is 0 Å². The summed E-state index contributed by atoms with van der Waals surface area (Å²) >= 11 is 1.47. The molecule has 0 saturated heterocycles. The number of nitrogens with two attached hydrogens (primary N) is 1. The number of aromatic nitrogens is 2. The summed E-state index contributed by atoms with van der Waals surface area (Å²) in [5.74, 6) is 0.0742. The molecule has 82 valence electrons. The van der Waals surface area contributed by atoms with Crippen molar-refractivity contribution in [3.05, 3.63) is 35.3 Å². The van der Waals surface area contributed by atoms with Crippen LogP contribution in [0.1, 0.15) is 5.56 Å². The Kier molecular flexibility index (Phi) is 2.82. The molecular weight excluding hydrogens is 222 g/mol. The Balaban J connectivity index is 2.25. The van der Waals surface area contributed by atoms with Crippen molar-refractivity contribution in [2.75, 3.05) is 11.9 Å². The number of nitrogens with zero attached hydrogens (tertiary/aromatic N) is 3. The molecule has 1 aromatic carbocycles. The number of amidine groups is 1. The van der Waals surface area contributed by atoms with Crippen LogP contribution in [-0.4, -0.2) is 23.1 Å². The standard InChI is InChI=1S/C10H11N5S/c1-15(10-14-13-6-16-10)8-4-2-7(3-5-8)9(11)12/h2-6H,1H3,(H3,11,12). The molecule has 2 rings (SSSR count). The van der Waals surface area contributed by atoms with E-state index < -0.39 is 0 Å². The third-order valence-corrected chi connectivity index (χ3v) is 2.97. The molecule has 16 heavy (non-hydrogen) atoms. The SMILES string of the molecule is CN(c1ccc(C(=N)N)cc1)c1nncs1. The van der Waals surface area contributed by atoms with Crippen molar-refractivity contribution in [1.29, 1.82) is 5.41 Å². The number of anilines is 2. The van der Waals surface area contributed by atoms with Crippen LogP contribution in [0.25, 0.3) is 0 Å². The first-order valence-corrected chi connectivity index (χ1v) is 5.51. The minimum Gasteiger partial charge on any atom is -0.384 e. The maximum Gasteiger partial charge on any atom is 0.212 e. The monoisotopic (exact) mass is 233 g/mol. The summed E-state index contributed by atoms with van der Waals surface area (Å²) in [4.78, 5) is 1.93. The predicted octanol–water partition coefficient (Wildman–Crippen LogP) is 1.59. The number of nitrogens with one attached hydrogen (secondary N) is 1. The second-order valence-electron chi connectivity index (χ2n) is 3.24. The Morgan fingerprint density at radius 3 is 2.56 bits per heavy atom. The van der Waals surface area contributed by atoms with Crippen LogP contribution >= 0.6 is 11.3 Å². The molecule has 1 aromatic heterocycles. The van der Waals surface area contributed by atoms with E-state index in [0.717, 1.165) is 16.4 Å². The third-order valence-electron chi connectivity index (χ3n) is 2.20.